The number of hydrogen-bond donors (Lipinski definition) is 2. The van der Waals surface area contributed by atoms with E-state index in [9.17, 15) is 12.8 Å². The molecule has 1 aliphatic heterocycles. The molecule has 24 heavy (non-hydrogen) atoms. The lowest BCUT2D eigenvalue weighted by Crippen LogP contribution is -2.44. The molecule has 2 N–H and O–H groups in total. The number of nitrogens with zero attached hydrogens (tertiary/aromatic N) is 1. The number of thioether (sulfide) groups is 1. The van der Waals surface area contributed by atoms with Gasteiger partial charge in [0.15, 0.2) is 15.8 Å². The Balaban J connectivity index is 1.76. The topological polar surface area (TPSA) is 70.6 Å². The molecule has 5 nitrogen and oxygen atoms in total. The second kappa shape index (κ2) is 9.27. The summed E-state index contributed by atoms with van der Waals surface area (Å²) in [6, 6.07) is 6.71. The van der Waals surface area contributed by atoms with Gasteiger partial charge in [-0.15, -0.1) is 0 Å². The van der Waals surface area contributed by atoms with Gasteiger partial charge in [-0.25, -0.2) is 12.8 Å². The maximum absolute atomic E-state index is 13.5. The third-order valence-electron chi connectivity index (χ3n) is 3.64. The van der Waals surface area contributed by atoms with Crippen molar-refractivity contribution in [2.75, 3.05) is 30.3 Å². The molecular formula is C16H24FN3O2S2. The highest BCUT2D eigenvalue weighted by atomic mass is 32.2. The van der Waals surface area contributed by atoms with E-state index in [1.807, 2.05) is 13.0 Å². The Kier molecular flexibility index (Phi) is 7.36. The summed E-state index contributed by atoms with van der Waals surface area (Å²) < 4.78 is 36.5. The Morgan fingerprint density at radius 3 is 2.88 bits per heavy atom. The minimum Gasteiger partial charge on any atom is -0.357 e. The fraction of sp³-hybridized carbons (Fsp3) is 0.562. The summed E-state index contributed by atoms with van der Waals surface area (Å²) in [5, 5.41) is 6.31. The zero-order valence-electron chi connectivity index (χ0n) is 13.8. The number of aliphatic imine (C=N–C) groups is 1. The summed E-state index contributed by atoms with van der Waals surface area (Å²) in [4.78, 5) is 4.46. The zero-order chi connectivity index (χ0) is 17.4. The van der Waals surface area contributed by atoms with Crippen LogP contribution >= 0.6 is 11.8 Å². The summed E-state index contributed by atoms with van der Waals surface area (Å²) >= 11 is 1.62. The number of sulfone groups is 1. The van der Waals surface area contributed by atoms with Crippen molar-refractivity contribution in [1.82, 2.24) is 10.6 Å². The van der Waals surface area contributed by atoms with Crippen molar-refractivity contribution in [2.24, 2.45) is 4.99 Å². The minimum atomic E-state index is -2.90. The lowest BCUT2D eigenvalue weighted by atomic mass is 10.2. The van der Waals surface area contributed by atoms with Gasteiger partial charge in [-0.05, 0) is 25.0 Å². The maximum atomic E-state index is 13.5. The largest absolute Gasteiger partial charge is 0.357 e. The molecule has 1 fully saturated rings. The summed E-state index contributed by atoms with van der Waals surface area (Å²) in [6.45, 7) is 3.27. The Labute approximate surface area is 147 Å². The molecule has 0 saturated carbocycles. The van der Waals surface area contributed by atoms with Crippen LogP contribution in [0.5, 0.6) is 0 Å². The van der Waals surface area contributed by atoms with E-state index >= 15 is 0 Å². The molecule has 0 bridgehead atoms. The van der Waals surface area contributed by atoms with E-state index in [1.54, 1.807) is 23.9 Å². The van der Waals surface area contributed by atoms with Gasteiger partial charge in [0.05, 0.1) is 18.1 Å². The molecular weight excluding hydrogens is 349 g/mol. The normalized spacial score (nSPS) is 20.1. The van der Waals surface area contributed by atoms with Crippen LogP contribution in [-0.4, -0.2) is 50.8 Å². The fourth-order valence-electron chi connectivity index (χ4n) is 2.44. The van der Waals surface area contributed by atoms with Crippen LogP contribution in [0.25, 0.3) is 0 Å². The Hall–Kier alpha value is -1.28. The van der Waals surface area contributed by atoms with Crippen LogP contribution in [0.1, 0.15) is 18.9 Å². The third-order valence-corrected chi connectivity index (χ3v) is 6.39. The number of guanidine groups is 1. The second-order valence-electron chi connectivity index (χ2n) is 5.65. The van der Waals surface area contributed by atoms with Crippen molar-refractivity contribution in [3.05, 3.63) is 35.6 Å². The SMILES string of the molecule is CCNC(=NCCSCc1ccccc1F)NC1CCS(=O)(=O)C1. The fourth-order valence-corrected chi connectivity index (χ4v) is 4.93. The van der Waals surface area contributed by atoms with E-state index in [1.165, 1.54) is 6.07 Å². The van der Waals surface area contributed by atoms with Gasteiger partial charge in [0.1, 0.15) is 5.82 Å². The highest BCUT2D eigenvalue weighted by Gasteiger charge is 2.28. The predicted molar refractivity (Wildman–Crippen MR) is 98.7 cm³/mol. The van der Waals surface area contributed by atoms with E-state index in [0.29, 0.717) is 36.8 Å². The van der Waals surface area contributed by atoms with E-state index in [2.05, 4.69) is 15.6 Å². The van der Waals surface area contributed by atoms with Gasteiger partial charge in [0, 0.05) is 24.1 Å². The van der Waals surface area contributed by atoms with Gasteiger partial charge in [-0.1, -0.05) is 18.2 Å². The van der Waals surface area contributed by atoms with Crippen LogP contribution in [-0.2, 0) is 15.6 Å². The van der Waals surface area contributed by atoms with E-state index in [0.717, 1.165) is 5.75 Å². The van der Waals surface area contributed by atoms with E-state index < -0.39 is 9.84 Å². The van der Waals surface area contributed by atoms with Gasteiger partial charge in [0.2, 0.25) is 0 Å². The third kappa shape index (κ3) is 6.32. The number of rotatable bonds is 7. The molecule has 1 unspecified atom stereocenters. The molecule has 1 atom stereocenters. The van der Waals surface area contributed by atoms with Crippen LogP contribution in [0, 0.1) is 5.82 Å². The van der Waals surface area contributed by atoms with E-state index in [4.69, 9.17) is 0 Å². The number of benzene rings is 1. The Morgan fingerprint density at radius 1 is 1.42 bits per heavy atom. The molecule has 0 aromatic heterocycles. The quantitative estimate of drug-likeness (QED) is 0.433. The molecule has 1 heterocycles. The second-order valence-corrected chi connectivity index (χ2v) is 8.98. The molecule has 134 valence electrons. The summed E-state index contributed by atoms with van der Waals surface area (Å²) in [5.74, 6) is 2.26. The van der Waals surface area contributed by atoms with Crippen molar-refractivity contribution in [3.8, 4) is 0 Å². The monoisotopic (exact) mass is 373 g/mol. The van der Waals surface area contributed by atoms with Crippen LogP contribution < -0.4 is 10.6 Å². The lowest BCUT2D eigenvalue weighted by Gasteiger charge is -2.15. The standard InChI is InChI=1S/C16H24FN3O2S2/c1-2-18-16(20-14-7-10-24(21,22)12-14)19-8-9-23-11-13-5-3-4-6-15(13)17/h3-6,14H,2,7-12H2,1H3,(H2,18,19,20). The molecule has 1 aliphatic rings. The first kappa shape index (κ1) is 19.1. The molecule has 0 aliphatic carbocycles. The van der Waals surface area contributed by atoms with Crippen molar-refractivity contribution >= 4 is 27.6 Å². The van der Waals surface area contributed by atoms with Gasteiger partial charge >= 0.3 is 0 Å². The first-order valence-electron chi connectivity index (χ1n) is 8.06. The average molecular weight is 374 g/mol. The highest BCUT2D eigenvalue weighted by molar-refractivity contribution is 7.98. The average Bonchev–Trinajstić information content (AvgIpc) is 2.87. The zero-order valence-corrected chi connectivity index (χ0v) is 15.4. The molecule has 1 aromatic carbocycles. The highest BCUT2D eigenvalue weighted by Crippen LogP contribution is 2.15. The smallest absolute Gasteiger partial charge is 0.191 e. The van der Waals surface area contributed by atoms with Gasteiger partial charge in [0.25, 0.3) is 0 Å². The van der Waals surface area contributed by atoms with Crippen LogP contribution in [0.4, 0.5) is 4.39 Å². The summed E-state index contributed by atoms with van der Waals surface area (Å²) in [7, 11) is -2.90. The Morgan fingerprint density at radius 2 is 2.21 bits per heavy atom. The van der Waals surface area contributed by atoms with Gasteiger partial charge in [-0.2, -0.15) is 11.8 Å². The van der Waals surface area contributed by atoms with Crippen molar-refractivity contribution in [2.45, 2.75) is 25.1 Å². The number of hydrogen-bond acceptors (Lipinski definition) is 4. The minimum absolute atomic E-state index is 0.0705. The van der Waals surface area contributed by atoms with Crippen LogP contribution in [0.2, 0.25) is 0 Å². The summed E-state index contributed by atoms with van der Waals surface area (Å²) in [6.07, 6.45) is 0.620. The predicted octanol–water partition coefficient (Wildman–Crippen LogP) is 1.80. The number of halogens is 1. The molecule has 0 amide bonds. The lowest BCUT2D eigenvalue weighted by molar-refractivity contribution is 0.599. The first-order valence-corrected chi connectivity index (χ1v) is 11.0. The van der Waals surface area contributed by atoms with Crippen LogP contribution in [0.3, 0.4) is 0 Å². The maximum Gasteiger partial charge on any atom is 0.191 e. The van der Waals surface area contributed by atoms with E-state index in [-0.39, 0.29) is 23.4 Å². The van der Waals surface area contributed by atoms with Crippen molar-refractivity contribution < 1.29 is 12.8 Å². The van der Waals surface area contributed by atoms with Gasteiger partial charge in [-0.3, -0.25) is 4.99 Å². The van der Waals surface area contributed by atoms with Crippen LogP contribution in [0.15, 0.2) is 29.3 Å². The summed E-state index contributed by atoms with van der Waals surface area (Å²) in [5.41, 5.74) is 0.702. The van der Waals surface area contributed by atoms with Crippen molar-refractivity contribution in [1.29, 1.82) is 0 Å². The first-order chi connectivity index (χ1) is 11.5. The van der Waals surface area contributed by atoms with Gasteiger partial charge < -0.3 is 10.6 Å². The Bertz CT molecular complexity index is 665. The molecule has 1 saturated heterocycles. The van der Waals surface area contributed by atoms with Crippen molar-refractivity contribution in [3.63, 3.8) is 0 Å². The molecule has 0 spiro atoms. The molecule has 8 heteroatoms. The molecule has 2 rings (SSSR count). The molecule has 1 aromatic rings. The number of nitrogens with one attached hydrogen (secondary N) is 2. The molecule has 0 radical (unpaired) electrons.